The van der Waals surface area contributed by atoms with Crippen LogP contribution in [0.3, 0.4) is 0 Å². The summed E-state index contributed by atoms with van der Waals surface area (Å²) in [5.74, 6) is 0.535. The van der Waals surface area contributed by atoms with E-state index in [1.54, 1.807) is 11.2 Å². The molecule has 1 heterocycles. The molecule has 0 unspecified atom stereocenters. The minimum Gasteiger partial charge on any atom is -0.444 e. The van der Waals surface area contributed by atoms with Gasteiger partial charge in [-0.15, -0.1) is 0 Å². The van der Waals surface area contributed by atoms with Crippen LogP contribution in [0.2, 0.25) is 0 Å². The fourth-order valence-corrected chi connectivity index (χ4v) is 3.20. The molecule has 1 amide bonds. The molecule has 0 aliphatic rings. The maximum Gasteiger partial charge on any atom is 0.233 e. The van der Waals surface area contributed by atoms with E-state index in [-0.39, 0.29) is 12.3 Å². The number of carbonyl (C=O) groups excluding carboxylic acids is 1. The third-order valence-corrected chi connectivity index (χ3v) is 4.57. The number of amides is 1. The van der Waals surface area contributed by atoms with E-state index in [0.717, 1.165) is 22.0 Å². The molecule has 0 radical (unpaired) electrons. The molecule has 0 saturated heterocycles. The van der Waals surface area contributed by atoms with Gasteiger partial charge in [-0.05, 0) is 42.0 Å². The molecule has 0 saturated carbocycles. The monoisotopic (exact) mass is 356 g/mol. The van der Waals surface area contributed by atoms with Gasteiger partial charge in [0.05, 0.1) is 12.1 Å². The van der Waals surface area contributed by atoms with E-state index in [4.69, 9.17) is 4.42 Å². The SMILES string of the molecule is CCN(C(=O)Cc1coc(-c2ccccc2)n1)c1ccc2ccccc2c1. The number of nitrogens with zero attached hydrogens (tertiary/aromatic N) is 2. The first kappa shape index (κ1) is 17.0. The average molecular weight is 356 g/mol. The minimum atomic E-state index is 0.000641. The summed E-state index contributed by atoms with van der Waals surface area (Å²) >= 11 is 0. The highest BCUT2D eigenvalue weighted by Crippen LogP contribution is 2.23. The molecule has 0 bridgehead atoms. The Balaban J connectivity index is 1.54. The van der Waals surface area contributed by atoms with Crippen LogP contribution in [0, 0.1) is 0 Å². The number of likely N-dealkylation sites (N-methyl/N-ethyl adjacent to an activating group) is 1. The maximum atomic E-state index is 12.9. The zero-order valence-electron chi connectivity index (χ0n) is 15.1. The van der Waals surface area contributed by atoms with E-state index in [2.05, 4.69) is 23.2 Å². The van der Waals surface area contributed by atoms with Crippen molar-refractivity contribution in [1.82, 2.24) is 4.98 Å². The predicted octanol–water partition coefficient (Wildman–Crippen LogP) is 5.09. The van der Waals surface area contributed by atoms with Gasteiger partial charge in [0.25, 0.3) is 0 Å². The highest BCUT2D eigenvalue weighted by Gasteiger charge is 2.17. The van der Waals surface area contributed by atoms with Crippen LogP contribution in [0.25, 0.3) is 22.2 Å². The van der Waals surface area contributed by atoms with Gasteiger partial charge in [0, 0.05) is 17.8 Å². The Labute approximate surface area is 158 Å². The average Bonchev–Trinajstić information content (AvgIpc) is 3.17. The zero-order valence-corrected chi connectivity index (χ0v) is 15.1. The van der Waals surface area contributed by atoms with E-state index in [1.165, 1.54) is 0 Å². The molecular weight excluding hydrogens is 336 g/mol. The predicted molar refractivity (Wildman–Crippen MR) is 108 cm³/mol. The molecule has 4 rings (SSSR count). The van der Waals surface area contributed by atoms with E-state index in [1.807, 2.05) is 61.5 Å². The van der Waals surface area contributed by atoms with Crippen LogP contribution < -0.4 is 4.90 Å². The minimum absolute atomic E-state index is 0.000641. The molecule has 0 atom stereocenters. The molecule has 0 aliphatic heterocycles. The number of anilines is 1. The van der Waals surface area contributed by atoms with Crippen LogP contribution >= 0.6 is 0 Å². The van der Waals surface area contributed by atoms with E-state index < -0.39 is 0 Å². The lowest BCUT2D eigenvalue weighted by molar-refractivity contribution is -0.118. The highest BCUT2D eigenvalue weighted by atomic mass is 16.3. The standard InChI is InChI=1S/C23H20N2O2/c1-2-25(21-13-12-17-8-6-7-11-19(17)14-21)22(26)15-20-16-27-23(24-20)18-9-4-3-5-10-18/h3-14,16H,2,15H2,1H3. The van der Waals surface area contributed by atoms with Crippen LogP contribution in [0.5, 0.6) is 0 Å². The summed E-state index contributed by atoms with van der Waals surface area (Å²) < 4.78 is 5.55. The Hall–Kier alpha value is -3.40. The van der Waals surface area contributed by atoms with Crippen molar-refractivity contribution in [2.75, 3.05) is 11.4 Å². The van der Waals surface area contributed by atoms with Crippen molar-refractivity contribution >= 4 is 22.4 Å². The van der Waals surface area contributed by atoms with E-state index in [0.29, 0.717) is 18.1 Å². The van der Waals surface area contributed by atoms with Crippen molar-refractivity contribution in [2.45, 2.75) is 13.3 Å². The molecule has 0 aliphatic carbocycles. The Morgan fingerprint density at radius 2 is 1.70 bits per heavy atom. The van der Waals surface area contributed by atoms with Gasteiger partial charge in [-0.2, -0.15) is 0 Å². The Kier molecular flexibility index (Phi) is 4.71. The molecule has 4 aromatic rings. The van der Waals surface area contributed by atoms with Crippen LogP contribution in [-0.4, -0.2) is 17.4 Å². The first-order chi connectivity index (χ1) is 13.2. The zero-order chi connectivity index (χ0) is 18.6. The first-order valence-corrected chi connectivity index (χ1v) is 9.03. The fourth-order valence-electron chi connectivity index (χ4n) is 3.20. The van der Waals surface area contributed by atoms with Gasteiger partial charge in [0.2, 0.25) is 11.8 Å². The second-order valence-corrected chi connectivity index (χ2v) is 6.36. The van der Waals surface area contributed by atoms with Crippen LogP contribution in [0.15, 0.2) is 83.5 Å². The number of rotatable bonds is 5. The lowest BCUT2D eigenvalue weighted by Crippen LogP contribution is -2.32. The van der Waals surface area contributed by atoms with Gasteiger partial charge >= 0.3 is 0 Å². The van der Waals surface area contributed by atoms with Gasteiger partial charge in [0.15, 0.2) is 0 Å². The molecular formula is C23H20N2O2. The Morgan fingerprint density at radius 3 is 2.48 bits per heavy atom. The van der Waals surface area contributed by atoms with Gasteiger partial charge in [0.1, 0.15) is 6.26 Å². The van der Waals surface area contributed by atoms with Crippen molar-refractivity contribution < 1.29 is 9.21 Å². The van der Waals surface area contributed by atoms with Crippen LogP contribution in [0.4, 0.5) is 5.69 Å². The largest absolute Gasteiger partial charge is 0.444 e. The number of hydrogen-bond acceptors (Lipinski definition) is 3. The second kappa shape index (κ2) is 7.46. The van der Waals surface area contributed by atoms with Crippen molar-refractivity contribution in [1.29, 1.82) is 0 Å². The molecule has 0 spiro atoms. The maximum absolute atomic E-state index is 12.9. The van der Waals surface area contributed by atoms with Crippen molar-refractivity contribution in [3.05, 3.63) is 84.8 Å². The van der Waals surface area contributed by atoms with Crippen LogP contribution in [0.1, 0.15) is 12.6 Å². The number of oxazole rings is 1. The third-order valence-electron chi connectivity index (χ3n) is 4.57. The molecule has 3 aromatic carbocycles. The van der Waals surface area contributed by atoms with Crippen molar-refractivity contribution in [3.8, 4) is 11.5 Å². The molecule has 0 fully saturated rings. The lowest BCUT2D eigenvalue weighted by atomic mass is 10.1. The van der Waals surface area contributed by atoms with E-state index >= 15 is 0 Å². The molecule has 27 heavy (non-hydrogen) atoms. The second-order valence-electron chi connectivity index (χ2n) is 6.36. The van der Waals surface area contributed by atoms with Crippen molar-refractivity contribution in [3.63, 3.8) is 0 Å². The quantitative estimate of drug-likeness (QED) is 0.500. The Bertz CT molecular complexity index is 1070. The number of aromatic nitrogens is 1. The summed E-state index contributed by atoms with van der Waals surface area (Å²) in [7, 11) is 0. The van der Waals surface area contributed by atoms with Crippen LogP contribution in [-0.2, 0) is 11.2 Å². The fraction of sp³-hybridized carbons (Fsp3) is 0.130. The summed E-state index contributed by atoms with van der Waals surface area (Å²) in [6.07, 6.45) is 1.77. The summed E-state index contributed by atoms with van der Waals surface area (Å²) in [6.45, 7) is 2.58. The number of fused-ring (bicyclic) bond motifs is 1. The van der Waals surface area contributed by atoms with E-state index in [9.17, 15) is 4.79 Å². The number of hydrogen-bond donors (Lipinski definition) is 0. The first-order valence-electron chi connectivity index (χ1n) is 9.03. The summed E-state index contributed by atoms with van der Waals surface area (Å²) in [5.41, 5.74) is 2.43. The van der Waals surface area contributed by atoms with Gasteiger partial charge in [-0.25, -0.2) is 4.98 Å². The highest BCUT2D eigenvalue weighted by molar-refractivity contribution is 5.97. The summed E-state index contributed by atoms with van der Waals surface area (Å²) in [6, 6.07) is 23.9. The van der Waals surface area contributed by atoms with Gasteiger partial charge in [-0.3, -0.25) is 4.79 Å². The molecule has 0 N–H and O–H groups in total. The molecule has 4 nitrogen and oxygen atoms in total. The summed E-state index contributed by atoms with van der Waals surface area (Å²) in [4.78, 5) is 19.1. The molecule has 134 valence electrons. The number of carbonyl (C=O) groups is 1. The number of benzene rings is 3. The normalized spacial score (nSPS) is 10.9. The smallest absolute Gasteiger partial charge is 0.233 e. The third kappa shape index (κ3) is 3.60. The van der Waals surface area contributed by atoms with Gasteiger partial charge in [-0.1, -0.05) is 48.5 Å². The molecule has 1 aromatic heterocycles. The molecule has 4 heteroatoms. The van der Waals surface area contributed by atoms with Gasteiger partial charge < -0.3 is 9.32 Å². The lowest BCUT2D eigenvalue weighted by Gasteiger charge is -2.21. The topological polar surface area (TPSA) is 46.3 Å². The Morgan fingerprint density at radius 1 is 0.963 bits per heavy atom. The summed E-state index contributed by atoms with van der Waals surface area (Å²) in [5, 5.41) is 2.28. The van der Waals surface area contributed by atoms with Crippen molar-refractivity contribution in [2.24, 2.45) is 0 Å².